The monoisotopic (exact) mass is 353 g/mol. The quantitative estimate of drug-likeness (QED) is 0.704. The average Bonchev–Trinajstić information content (AvgIpc) is 2.68. The minimum absolute atomic E-state index is 0.402. The minimum Gasteiger partial charge on any atom is -0.492 e. The summed E-state index contributed by atoms with van der Waals surface area (Å²) in [5, 5.41) is 15.3. The molecule has 0 bridgehead atoms. The summed E-state index contributed by atoms with van der Waals surface area (Å²) in [4.78, 5) is 12.3. The fourth-order valence-corrected chi connectivity index (χ4v) is 2.54. The van der Waals surface area contributed by atoms with E-state index < -0.39 is 12.0 Å². The fraction of sp³-hybridized carbons (Fsp3) is 0.300. The molecule has 0 saturated heterocycles. The summed E-state index contributed by atoms with van der Waals surface area (Å²) < 4.78 is 10.6. The van der Waals surface area contributed by atoms with Gasteiger partial charge in [0.1, 0.15) is 5.75 Å². The maximum absolute atomic E-state index is 12.3. The first kappa shape index (κ1) is 19.1. The van der Waals surface area contributed by atoms with Gasteiger partial charge in [0.05, 0.1) is 31.0 Å². The molecule has 2 N–H and O–H groups in total. The summed E-state index contributed by atoms with van der Waals surface area (Å²) in [7, 11) is 1.36. The van der Waals surface area contributed by atoms with Crippen molar-refractivity contribution in [3.05, 3.63) is 53.6 Å². The van der Waals surface area contributed by atoms with Crippen LogP contribution in [0.2, 0.25) is 0 Å². The molecule has 0 radical (unpaired) electrons. The van der Waals surface area contributed by atoms with Gasteiger partial charge in [0.15, 0.2) is 6.04 Å². The molecule has 0 aliphatic rings. The summed E-state index contributed by atoms with van der Waals surface area (Å²) >= 11 is 0. The van der Waals surface area contributed by atoms with E-state index in [0.717, 1.165) is 29.2 Å². The van der Waals surface area contributed by atoms with Gasteiger partial charge in [0, 0.05) is 12.2 Å². The average molecular weight is 353 g/mol. The normalized spacial score (nSPS) is 11.2. The lowest BCUT2D eigenvalue weighted by molar-refractivity contribution is -0.141. The summed E-state index contributed by atoms with van der Waals surface area (Å²) in [6, 6.07) is 13.9. The summed E-state index contributed by atoms with van der Waals surface area (Å²) in [6.07, 6.45) is 0. The molecule has 2 rings (SSSR count). The second-order valence-corrected chi connectivity index (χ2v) is 5.51. The van der Waals surface area contributed by atoms with Gasteiger partial charge in [-0.2, -0.15) is 5.26 Å². The summed E-state index contributed by atoms with van der Waals surface area (Å²) in [6.45, 7) is 5.21. The SMILES string of the molecule is CCNc1cc(C(Nc2ccc(C#N)cc2)C(=O)OC)ccc1OCC. The molecule has 0 aliphatic heterocycles. The third-order valence-electron chi connectivity index (χ3n) is 3.77. The predicted molar refractivity (Wildman–Crippen MR) is 101 cm³/mol. The van der Waals surface area contributed by atoms with E-state index in [-0.39, 0.29) is 0 Å². The van der Waals surface area contributed by atoms with Crippen molar-refractivity contribution in [3.8, 4) is 11.8 Å². The van der Waals surface area contributed by atoms with Gasteiger partial charge in [0.2, 0.25) is 0 Å². The molecule has 2 aromatic carbocycles. The number of nitriles is 1. The Kier molecular flexibility index (Phi) is 6.86. The maximum Gasteiger partial charge on any atom is 0.332 e. The highest BCUT2D eigenvalue weighted by molar-refractivity contribution is 5.82. The fourth-order valence-electron chi connectivity index (χ4n) is 2.54. The van der Waals surface area contributed by atoms with Crippen molar-refractivity contribution in [1.82, 2.24) is 0 Å². The predicted octanol–water partition coefficient (Wildman–Crippen LogP) is 3.71. The lowest BCUT2D eigenvalue weighted by Gasteiger charge is -2.20. The highest BCUT2D eigenvalue weighted by Gasteiger charge is 2.22. The molecule has 1 atom stereocenters. The number of ether oxygens (including phenoxy) is 2. The van der Waals surface area contributed by atoms with Crippen molar-refractivity contribution in [2.75, 3.05) is 30.9 Å². The lowest BCUT2D eigenvalue weighted by Crippen LogP contribution is -2.22. The topological polar surface area (TPSA) is 83.4 Å². The number of hydrogen-bond acceptors (Lipinski definition) is 6. The van der Waals surface area contributed by atoms with Gasteiger partial charge >= 0.3 is 5.97 Å². The number of hydrogen-bond donors (Lipinski definition) is 2. The standard InChI is InChI=1S/C20H23N3O3/c1-4-22-17-12-15(8-11-18(17)26-5-2)19(20(24)25-3)23-16-9-6-14(13-21)7-10-16/h6-12,19,22-23H,4-5H2,1-3H3. The zero-order chi connectivity index (χ0) is 18.9. The number of rotatable bonds is 8. The van der Waals surface area contributed by atoms with Crippen LogP contribution in [-0.2, 0) is 9.53 Å². The Labute approximate surface area is 153 Å². The van der Waals surface area contributed by atoms with Gasteiger partial charge < -0.3 is 20.1 Å². The first-order valence-corrected chi connectivity index (χ1v) is 8.48. The highest BCUT2D eigenvalue weighted by Crippen LogP contribution is 2.30. The molecule has 2 aromatic rings. The van der Waals surface area contributed by atoms with E-state index in [1.165, 1.54) is 7.11 Å². The molecule has 6 heteroatoms. The molecule has 0 fully saturated rings. The molecule has 136 valence electrons. The Bertz CT molecular complexity index is 782. The van der Waals surface area contributed by atoms with Crippen molar-refractivity contribution in [2.24, 2.45) is 0 Å². The van der Waals surface area contributed by atoms with E-state index >= 15 is 0 Å². The number of nitrogens with zero attached hydrogens (tertiary/aromatic N) is 1. The van der Waals surface area contributed by atoms with Gasteiger partial charge in [-0.05, 0) is 55.8 Å². The van der Waals surface area contributed by atoms with Crippen molar-refractivity contribution in [1.29, 1.82) is 5.26 Å². The number of benzene rings is 2. The Balaban J connectivity index is 2.34. The van der Waals surface area contributed by atoms with Crippen LogP contribution in [0.25, 0.3) is 0 Å². The lowest BCUT2D eigenvalue weighted by atomic mass is 10.0. The number of esters is 1. The molecule has 0 saturated carbocycles. The molecule has 0 heterocycles. The Morgan fingerprint density at radius 2 is 1.92 bits per heavy atom. The van der Waals surface area contributed by atoms with Crippen LogP contribution in [0.1, 0.15) is 31.0 Å². The first-order valence-electron chi connectivity index (χ1n) is 8.48. The van der Waals surface area contributed by atoms with Gasteiger partial charge in [-0.15, -0.1) is 0 Å². The zero-order valence-electron chi connectivity index (χ0n) is 15.2. The second kappa shape index (κ2) is 9.33. The number of carbonyl (C=O) groups is 1. The van der Waals surface area contributed by atoms with Crippen LogP contribution >= 0.6 is 0 Å². The van der Waals surface area contributed by atoms with E-state index in [1.54, 1.807) is 24.3 Å². The molecule has 26 heavy (non-hydrogen) atoms. The Morgan fingerprint density at radius 3 is 2.50 bits per heavy atom. The van der Waals surface area contributed by atoms with E-state index in [9.17, 15) is 4.79 Å². The van der Waals surface area contributed by atoms with Crippen LogP contribution in [0.3, 0.4) is 0 Å². The molecule has 1 unspecified atom stereocenters. The zero-order valence-corrected chi connectivity index (χ0v) is 15.2. The van der Waals surface area contributed by atoms with E-state index in [1.807, 2.05) is 32.0 Å². The Hall–Kier alpha value is -3.20. The van der Waals surface area contributed by atoms with E-state index in [0.29, 0.717) is 12.2 Å². The number of carbonyl (C=O) groups excluding carboxylic acids is 1. The molecular formula is C20H23N3O3. The van der Waals surface area contributed by atoms with Crippen molar-refractivity contribution in [3.63, 3.8) is 0 Å². The van der Waals surface area contributed by atoms with Crippen LogP contribution < -0.4 is 15.4 Å². The molecular weight excluding hydrogens is 330 g/mol. The molecule has 0 amide bonds. The number of anilines is 2. The third kappa shape index (κ3) is 4.67. The van der Waals surface area contributed by atoms with Gasteiger partial charge in [-0.25, -0.2) is 4.79 Å². The van der Waals surface area contributed by atoms with E-state index in [4.69, 9.17) is 14.7 Å². The largest absolute Gasteiger partial charge is 0.492 e. The van der Waals surface area contributed by atoms with Gasteiger partial charge in [-0.3, -0.25) is 0 Å². The van der Waals surface area contributed by atoms with Crippen LogP contribution in [0, 0.1) is 11.3 Å². The molecule has 0 aliphatic carbocycles. The second-order valence-electron chi connectivity index (χ2n) is 5.51. The van der Waals surface area contributed by atoms with Crippen molar-refractivity contribution < 1.29 is 14.3 Å². The highest BCUT2D eigenvalue weighted by atomic mass is 16.5. The van der Waals surface area contributed by atoms with E-state index in [2.05, 4.69) is 16.7 Å². The third-order valence-corrected chi connectivity index (χ3v) is 3.77. The van der Waals surface area contributed by atoms with Gasteiger partial charge in [-0.1, -0.05) is 6.07 Å². The van der Waals surface area contributed by atoms with Crippen LogP contribution in [0.15, 0.2) is 42.5 Å². The van der Waals surface area contributed by atoms with Crippen LogP contribution in [0.5, 0.6) is 5.75 Å². The molecule has 0 spiro atoms. The maximum atomic E-state index is 12.3. The van der Waals surface area contributed by atoms with Crippen molar-refractivity contribution in [2.45, 2.75) is 19.9 Å². The molecule has 0 aromatic heterocycles. The Morgan fingerprint density at radius 1 is 1.19 bits per heavy atom. The van der Waals surface area contributed by atoms with Crippen molar-refractivity contribution >= 4 is 17.3 Å². The first-order chi connectivity index (χ1) is 12.6. The molecule has 6 nitrogen and oxygen atoms in total. The summed E-state index contributed by atoms with van der Waals surface area (Å²) in [5.74, 6) is 0.334. The minimum atomic E-state index is -0.680. The number of nitrogens with one attached hydrogen (secondary N) is 2. The number of methoxy groups -OCH3 is 1. The van der Waals surface area contributed by atoms with Crippen LogP contribution in [0.4, 0.5) is 11.4 Å². The summed E-state index contributed by atoms with van der Waals surface area (Å²) in [5.41, 5.74) is 2.85. The smallest absolute Gasteiger partial charge is 0.332 e. The van der Waals surface area contributed by atoms with Gasteiger partial charge in [0.25, 0.3) is 0 Å². The van der Waals surface area contributed by atoms with Crippen LogP contribution in [-0.4, -0.2) is 26.2 Å².